The van der Waals surface area contributed by atoms with Crippen molar-refractivity contribution < 1.29 is 4.74 Å². The van der Waals surface area contributed by atoms with Gasteiger partial charge in [-0.15, -0.1) is 0 Å². The van der Waals surface area contributed by atoms with Crippen LogP contribution in [0.5, 0.6) is 11.5 Å². The summed E-state index contributed by atoms with van der Waals surface area (Å²) in [6.07, 6.45) is 4.34. The predicted molar refractivity (Wildman–Crippen MR) is 121 cm³/mol. The first-order valence-corrected chi connectivity index (χ1v) is 9.74. The lowest BCUT2D eigenvalue weighted by molar-refractivity contribution is 0.483. The van der Waals surface area contributed by atoms with Crippen LogP contribution in [0.1, 0.15) is 17.2 Å². The lowest BCUT2D eigenvalue weighted by atomic mass is 10.0. The standard InChI is InChI=1S/C27H23NO/c1-4-10-22(11-5-1)16-21-27(23-12-6-2-7-13-23)28-24-17-19-26(20-18-24)29-25-14-8-3-9-15-25/h1-21,27-28H/b21-16+. The number of nitrogens with one attached hydrogen (secondary N) is 1. The summed E-state index contributed by atoms with van der Waals surface area (Å²) in [5.74, 6) is 1.65. The minimum absolute atomic E-state index is 0.0669. The summed E-state index contributed by atoms with van der Waals surface area (Å²) in [7, 11) is 0. The number of para-hydroxylation sites is 1. The van der Waals surface area contributed by atoms with Crippen molar-refractivity contribution in [3.8, 4) is 11.5 Å². The lowest BCUT2D eigenvalue weighted by Gasteiger charge is -2.17. The molecule has 2 nitrogen and oxygen atoms in total. The fraction of sp³-hybridized carbons (Fsp3) is 0.0370. The van der Waals surface area contributed by atoms with Crippen LogP contribution in [0, 0.1) is 0 Å². The highest BCUT2D eigenvalue weighted by atomic mass is 16.5. The Morgan fingerprint density at radius 3 is 1.79 bits per heavy atom. The second kappa shape index (κ2) is 9.43. The van der Waals surface area contributed by atoms with Gasteiger partial charge in [-0.3, -0.25) is 0 Å². The fourth-order valence-corrected chi connectivity index (χ4v) is 3.10. The maximum atomic E-state index is 5.89. The van der Waals surface area contributed by atoms with Crippen molar-refractivity contribution in [2.24, 2.45) is 0 Å². The van der Waals surface area contributed by atoms with Crippen LogP contribution in [0.2, 0.25) is 0 Å². The Balaban J connectivity index is 1.50. The van der Waals surface area contributed by atoms with Crippen LogP contribution in [0.15, 0.2) is 121 Å². The van der Waals surface area contributed by atoms with Crippen LogP contribution >= 0.6 is 0 Å². The van der Waals surface area contributed by atoms with Gasteiger partial charge in [0.15, 0.2) is 0 Å². The van der Waals surface area contributed by atoms with Gasteiger partial charge in [0.05, 0.1) is 6.04 Å². The molecule has 142 valence electrons. The van der Waals surface area contributed by atoms with Gasteiger partial charge in [0.2, 0.25) is 0 Å². The highest BCUT2D eigenvalue weighted by Crippen LogP contribution is 2.26. The first kappa shape index (κ1) is 18.6. The van der Waals surface area contributed by atoms with E-state index in [0.29, 0.717) is 0 Å². The molecule has 0 fully saturated rings. The van der Waals surface area contributed by atoms with Crippen molar-refractivity contribution in [3.05, 3.63) is 132 Å². The Morgan fingerprint density at radius 2 is 1.14 bits per heavy atom. The van der Waals surface area contributed by atoms with Crippen molar-refractivity contribution in [1.82, 2.24) is 0 Å². The first-order valence-electron chi connectivity index (χ1n) is 9.74. The average Bonchev–Trinajstić information content (AvgIpc) is 2.80. The van der Waals surface area contributed by atoms with Gasteiger partial charge in [0.1, 0.15) is 11.5 Å². The van der Waals surface area contributed by atoms with Crippen LogP contribution < -0.4 is 10.1 Å². The molecule has 0 aliphatic carbocycles. The molecular weight excluding hydrogens is 354 g/mol. The number of benzene rings is 4. The fourth-order valence-electron chi connectivity index (χ4n) is 3.10. The van der Waals surface area contributed by atoms with Gasteiger partial charge in [-0.2, -0.15) is 0 Å². The third-order valence-corrected chi connectivity index (χ3v) is 4.59. The highest BCUT2D eigenvalue weighted by molar-refractivity contribution is 5.55. The van der Waals surface area contributed by atoms with Crippen LogP contribution in [0.3, 0.4) is 0 Å². The number of rotatable bonds is 7. The summed E-state index contributed by atoms with van der Waals surface area (Å²) >= 11 is 0. The molecule has 0 heterocycles. The molecule has 1 N–H and O–H groups in total. The minimum Gasteiger partial charge on any atom is -0.457 e. The van der Waals surface area contributed by atoms with Gasteiger partial charge in [-0.05, 0) is 47.5 Å². The minimum atomic E-state index is 0.0669. The molecule has 0 aliphatic heterocycles. The van der Waals surface area contributed by atoms with Crippen LogP contribution in [-0.4, -0.2) is 0 Å². The van der Waals surface area contributed by atoms with Gasteiger partial charge >= 0.3 is 0 Å². The zero-order valence-electron chi connectivity index (χ0n) is 16.1. The molecule has 0 radical (unpaired) electrons. The summed E-state index contributed by atoms with van der Waals surface area (Å²) < 4.78 is 5.89. The summed E-state index contributed by atoms with van der Waals surface area (Å²) in [4.78, 5) is 0. The van der Waals surface area contributed by atoms with E-state index in [9.17, 15) is 0 Å². The average molecular weight is 377 g/mol. The number of ether oxygens (including phenoxy) is 1. The highest BCUT2D eigenvalue weighted by Gasteiger charge is 2.08. The first-order chi connectivity index (χ1) is 14.4. The van der Waals surface area contributed by atoms with E-state index in [1.165, 1.54) is 11.1 Å². The van der Waals surface area contributed by atoms with E-state index in [4.69, 9.17) is 4.74 Å². The molecule has 4 aromatic rings. The third kappa shape index (κ3) is 5.36. The number of hydrogen-bond acceptors (Lipinski definition) is 2. The summed E-state index contributed by atoms with van der Waals surface area (Å²) in [6.45, 7) is 0. The van der Waals surface area contributed by atoms with E-state index < -0.39 is 0 Å². The van der Waals surface area contributed by atoms with Crippen LogP contribution in [0.4, 0.5) is 5.69 Å². The Kier molecular flexibility index (Phi) is 6.04. The molecule has 2 heteroatoms. The van der Waals surface area contributed by atoms with Gasteiger partial charge in [-0.1, -0.05) is 91.0 Å². The summed E-state index contributed by atoms with van der Waals surface area (Å²) in [5.41, 5.74) is 3.43. The van der Waals surface area contributed by atoms with E-state index in [1.807, 2.05) is 66.7 Å². The van der Waals surface area contributed by atoms with Gasteiger partial charge in [0, 0.05) is 5.69 Å². The van der Waals surface area contributed by atoms with Crippen LogP contribution in [0.25, 0.3) is 6.08 Å². The Hall–Kier alpha value is -3.78. The molecule has 0 aromatic heterocycles. The van der Waals surface area contributed by atoms with Crippen molar-refractivity contribution in [2.75, 3.05) is 5.32 Å². The van der Waals surface area contributed by atoms with E-state index in [-0.39, 0.29) is 6.04 Å². The molecular formula is C27H23NO. The molecule has 4 rings (SSSR count). The molecule has 1 unspecified atom stereocenters. The molecule has 29 heavy (non-hydrogen) atoms. The monoisotopic (exact) mass is 377 g/mol. The van der Waals surface area contributed by atoms with Gasteiger partial charge in [0.25, 0.3) is 0 Å². The molecule has 0 saturated heterocycles. The normalized spacial score (nSPS) is 11.9. The second-order valence-corrected chi connectivity index (χ2v) is 6.74. The third-order valence-electron chi connectivity index (χ3n) is 4.59. The zero-order valence-corrected chi connectivity index (χ0v) is 16.1. The molecule has 0 amide bonds. The maximum Gasteiger partial charge on any atom is 0.127 e. The number of hydrogen-bond donors (Lipinski definition) is 1. The molecule has 0 saturated carbocycles. The SMILES string of the molecule is C(=C\C(Nc1ccc(Oc2ccccc2)cc1)c1ccccc1)/c1ccccc1. The largest absolute Gasteiger partial charge is 0.457 e. The van der Waals surface area contributed by atoms with Crippen molar-refractivity contribution >= 4 is 11.8 Å². The van der Waals surface area contributed by atoms with E-state index in [2.05, 4.69) is 66.0 Å². The van der Waals surface area contributed by atoms with Gasteiger partial charge < -0.3 is 10.1 Å². The Morgan fingerprint density at radius 1 is 0.586 bits per heavy atom. The quantitative estimate of drug-likeness (QED) is 0.364. The molecule has 4 aromatic carbocycles. The van der Waals surface area contributed by atoms with Crippen molar-refractivity contribution in [2.45, 2.75) is 6.04 Å². The Bertz CT molecular complexity index is 1030. The molecule has 1 atom stereocenters. The van der Waals surface area contributed by atoms with E-state index in [1.54, 1.807) is 0 Å². The Labute approximate surface area is 172 Å². The lowest BCUT2D eigenvalue weighted by Crippen LogP contribution is -2.07. The predicted octanol–water partition coefficient (Wildman–Crippen LogP) is 7.35. The zero-order chi connectivity index (χ0) is 19.7. The topological polar surface area (TPSA) is 21.3 Å². The maximum absolute atomic E-state index is 5.89. The van der Waals surface area contributed by atoms with E-state index >= 15 is 0 Å². The molecule has 0 aliphatic rings. The number of anilines is 1. The smallest absolute Gasteiger partial charge is 0.127 e. The summed E-state index contributed by atoms with van der Waals surface area (Å²) in [5, 5.41) is 3.61. The summed E-state index contributed by atoms with van der Waals surface area (Å²) in [6, 6.07) is 38.7. The molecule has 0 spiro atoms. The second-order valence-electron chi connectivity index (χ2n) is 6.74. The van der Waals surface area contributed by atoms with Crippen LogP contribution in [-0.2, 0) is 0 Å². The molecule has 0 bridgehead atoms. The van der Waals surface area contributed by atoms with Gasteiger partial charge in [-0.25, -0.2) is 0 Å². The van der Waals surface area contributed by atoms with Crippen molar-refractivity contribution in [3.63, 3.8) is 0 Å². The van der Waals surface area contributed by atoms with E-state index in [0.717, 1.165) is 17.2 Å². The van der Waals surface area contributed by atoms with Crippen molar-refractivity contribution in [1.29, 1.82) is 0 Å².